The van der Waals surface area contributed by atoms with Gasteiger partial charge in [-0.05, 0) is 26.2 Å². The van der Waals surface area contributed by atoms with Crippen LogP contribution < -0.4 is 5.32 Å². The van der Waals surface area contributed by atoms with E-state index in [1.54, 1.807) is 0 Å². The largest absolute Gasteiger partial charge is 0.309 e. The highest BCUT2D eigenvalue weighted by Gasteiger charge is 2.32. The second-order valence-electron chi connectivity index (χ2n) is 5.63. The molecule has 1 fully saturated rings. The Morgan fingerprint density at radius 1 is 1.25 bits per heavy atom. The summed E-state index contributed by atoms with van der Waals surface area (Å²) in [6, 6.07) is 0.739. The third-order valence-electron chi connectivity index (χ3n) is 4.59. The molecule has 2 unspecified atom stereocenters. The highest BCUT2D eigenvalue weighted by atomic mass is 15.2. The van der Waals surface area contributed by atoms with Gasteiger partial charge in [0.2, 0.25) is 0 Å². The molecule has 0 saturated carbocycles. The van der Waals surface area contributed by atoms with Crippen molar-refractivity contribution >= 4 is 0 Å². The third-order valence-corrected chi connectivity index (χ3v) is 4.59. The van der Waals surface area contributed by atoms with Gasteiger partial charge in [0, 0.05) is 31.2 Å². The molecule has 16 heavy (non-hydrogen) atoms. The van der Waals surface area contributed by atoms with Crippen molar-refractivity contribution in [2.45, 2.75) is 65.5 Å². The van der Waals surface area contributed by atoms with Gasteiger partial charge in [0.15, 0.2) is 0 Å². The smallest absolute Gasteiger partial charge is 0.0278 e. The Balaban J connectivity index is 2.59. The molecule has 0 radical (unpaired) electrons. The van der Waals surface area contributed by atoms with Gasteiger partial charge < -0.3 is 5.32 Å². The lowest BCUT2D eigenvalue weighted by Crippen LogP contribution is -2.61. The van der Waals surface area contributed by atoms with E-state index in [4.69, 9.17) is 0 Å². The number of hydrogen-bond donors (Lipinski definition) is 1. The standard InChI is InChI=1S/C14H30N2/c1-6-13(7-2)12(4)16-10-9-15-14(5,8-3)11-16/h12-13,15H,6-11H2,1-5H3. The summed E-state index contributed by atoms with van der Waals surface area (Å²) in [5, 5.41) is 3.66. The summed E-state index contributed by atoms with van der Waals surface area (Å²) in [5.74, 6) is 0.860. The van der Waals surface area contributed by atoms with E-state index < -0.39 is 0 Å². The number of piperazine rings is 1. The Bertz CT molecular complexity index is 201. The summed E-state index contributed by atoms with van der Waals surface area (Å²) in [5.41, 5.74) is 0.332. The van der Waals surface area contributed by atoms with Crippen LogP contribution in [0.2, 0.25) is 0 Å². The van der Waals surface area contributed by atoms with Crippen LogP contribution in [0.5, 0.6) is 0 Å². The van der Waals surface area contributed by atoms with Crippen molar-refractivity contribution in [2.24, 2.45) is 5.92 Å². The average Bonchev–Trinajstić information content (AvgIpc) is 2.30. The lowest BCUT2D eigenvalue weighted by Gasteiger charge is -2.45. The fraction of sp³-hybridized carbons (Fsp3) is 1.00. The molecule has 1 rings (SSSR count). The van der Waals surface area contributed by atoms with E-state index >= 15 is 0 Å². The summed E-state index contributed by atoms with van der Waals surface area (Å²) in [6.45, 7) is 15.3. The third kappa shape index (κ3) is 3.21. The molecule has 2 atom stereocenters. The number of nitrogens with one attached hydrogen (secondary N) is 1. The predicted octanol–water partition coefficient (Wildman–Crippen LogP) is 2.89. The van der Waals surface area contributed by atoms with Gasteiger partial charge in [0.25, 0.3) is 0 Å². The SMILES string of the molecule is CCC(CC)C(C)N1CCNC(C)(CC)C1. The van der Waals surface area contributed by atoms with E-state index in [1.165, 1.54) is 32.4 Å². The lowest BCUT2D eigenvalue weighted by molar-refractivity contribution is 0.0743. The molecule has 0 bridgehead atoms. The van der Waals surface area contributed by atoms with E-state index in [-0.39, 0.29) is 0 Å². The molecular weight excluding hydrogens is 196 g/mol. The van der Waals surface area contributed by atoms with E-state index in [0.29, 0.717) is 5.54 Å². The van der Waals surface area contributed by atoms with Crippen LogP contribution in [0.3, 0.4) is 0 Å². The Morgan fingerprint density at radius 2 is 1.88 bits per heavy atom. The first-order valence-electron chi connectivity index (χ1n) is 7.05. The normalized spacial score (nSPS) is 29.6. The van der Waals surface area contributed by atoms with Crippen LogP contribution in [-0.4, -0.2) is 36.1 Å². The molecule has 1 aliphatic heterocycles. The topological polar surface area (TPSA) is 15.3 Å². The lowest BCUT2D eigenvalue weighted by atomic mass is 9.90. The molecule has 0 aliphatic carbocycles. The zero-order chi connectivity index (χ0) is 12.2. The van der Waals surface area contributed by atoms with Crippen LogP contribution in [0.1, 0.15) is 53.9 Å². The molecule has 1 heterocycles. The van der Waals surface area contributed by atoms with Crippen molar-refractivity contribution in [3.8, 4) is 0 Å². The Hall–Kier alpha value is -0.0800. The summed E-state index contributed by atoms with van der Waals surface area (Å²) in [6.07, 6.45) is 3.84. The molecule has 96 valence electrons. The van der Waals surface area contributed by atoms with Crippen molar-refractivity contribution in [1.82, 2.24) is 10.2 Å². The molecule has 0 aromatic carbocycles. The minimum Gasteiger partial charge on any atom is -0.309 e. The molecule has 0 aromatic heterocycles. The van der Waals surface area contributed by atoms with Crippen molar-refractivity contribution in [3.63, 3.8) is 0 Å². The van der Waals surface area contributed by atoms with Gasteiger partial charge >= 0.3 is 0 Å². The zero-order valence-electron chi connectivity index (χ0n) is 11.8. The molecule has 2 heteroatoms. The fourth-order valence-electron chi connectivity index (χ4n) is 2.94. The molecule has 2 nitrogen and oxygen atoms in total. The predicted molar refractivity (Wildman–Crippen MR) is 71.8 cm³/mol. The minimum atomic E-state index is 0.332. The highest BCUT2D eigenvalue weighted by Crippen LogP contribution is 2.23. The highest BCUT2D eigenvalue weighted by molar-refractivity contribution is 4.92. The monoisotopic (exact) mass is 226 g/mol. The van der Waals surface area contributed by atoms with Crippen molar-refractivity contribution in [3.05, 3.63) is 0 Å². The van der Waals surface area contributed by atoms with Gasteiger partial charge in [-0.15, -0.1) is 0 Å². The van der Waals surface area contributed by atoms with Crippen molar-refractivity contribution in [2.75, 3.05) is 19.6 Å². The maximum absolute atomic E-state index is 3.66. The Kier molecular flexibility index (Phi) is 5.26. The quantitative estimate of drug-likeness (QED) is 0.775. The van der Waals surface area contributed by atoms with Crippen LogP contribution >= 0.6 is 0 Å². The van der Waals surface area contributed by atoms with Gasteiger partial charge in [0.1, 0.15) is 0 Å². The summed E-state index contributed by atoms with van der Waals surface area (Å²) in [7, 11) is 0. The van der Waals surface area contributed by atoms with Gasteiger partial charge in [-0.3, -0.25) is 4.90 Å². The van der Waals surface area contributed by atoms with Gasteiger partial charge in [-0.1, -0.05) is 33.6 Å². The second-order valence-corrected chi connectivity index (χ2v) is 5.63. The number of rotatable bonds is 5. The van der Waals surface area contributed by atoms with Crippen LogP contribution in [0.15, 0.2) is 0 Å². The Morgan fingerprint density at radius 3 is 2.38 bits per heavy atom. The maximum atomic E-state index is 3.66. The molecular formula is C14H30N2. The van der Waals surface area contributed by atoms with E-state index in [2.05, 4.69) is 44.8 Å². The molecule has 1 N–H and O–H groups in total. The van der Waals surface area contributed by atoms with Crippen molar-refractivity contribution in [1.29, 1.82) is 0 Å². The van der Waals surface area contributed by atoms with E-state index in [0.717, 1.165) is 18.5 Å². The summed E-state index contributed by atoms with van der Waals surface area (Å²) < 4.78 is 0. The minimum absolute atomic E-state index is 0.332. The van der Waals surface area contributed by atoms with E-state index in [9.17, 15) is 0 Å². The molecule has 0 aromatic rings. The molecule has 1 saturated heterocycles. The fourth-order valence-corrected chi connectivity index (χ4v) is 2.94. The van der Waals surface area contributed by atoms with Gasteiger partial charge in [-0.2, -0.15) is 0 Å². The van der Waals surface area contributed by atoms with Crippen LogP contribution in [0.4, 0.5) is 0 Å². The number of nitrogens with zero attached hydrogens (tertiary/aromatic N) is 1. The first-order chi connectivity index (χ1) is 7.56. The first kappa shape index (κ1) is 14.0. The van der Waals surface area contributed by atoms with Crippen LogP contribution in [0, 0.1) is 5.92 Å². The molecule has 0 amide bonds. The summed E-state index contributed by atoms with van der Waals surface area (Å²) in [4.78, 5) is 2.69. The van der Waals surface area contributed by atoms with Gasteiger partial charge in [-0.25, -0.2) is 0 Å². The maximum Gasteiger partial charge on any atom is 0.0278 e. The average molecular weight is 226 g/mol. The molecule has 0 spiro atoms. The molecule has 1 aliphatic rings. The number of hydrogen-bond acceptors (Lipinski definition) is 2. The van der Waals surface area contributed by atoms with Gasteiger partial charge in [0.05, 0.1) is 0 Å². The second kappa shape index (κ2) is 6.02. The van der Waals surface area contributed by atoms with E-state index in [1.807, 2.05) is 0 Å². The Labute approximate surface area is 102 Å². The van der Waals surface area contributed by atoms with Crippen LogP contribution in [-0.2, 0) is 0 Å². The van der Waals surface area contributed by atoms with Crippen molar-refractivity contribution < 1.29 is 0 Å². The zero-order valence-corrected chi connectivity index (χ0v) is 11.8. The first-order valence-corrected chi connectivity index (χ1v) is 7.05. The summed E-state index contributed by atoms with van der Waals surface area (Å²) >= 11 is 0. The van der Waals surface area contributed by atoms with Crippen LogP contribution in [0.25, 0.3) is 0 Å².